The lowest BCUT2D eigenvalue weighted by molar-refractivity contribution is -0.914. The van der Waals surface area contributed by atoms with Crippen molar-refractivity contribution in [3.05, 3.63) is 46.7 Å². The van der Waals surface area contributed by atoms with Gasteiger partial charge in [-0.15, -0.1) is 11.3 Å². The number of hydrogen-bond donors (Lipinski definition) is 2. The van der Waals surface area contributed by atoms with E-state index in [1.165, 1.54) is 9.78 Å². The van der Waals surface area contributed by atoms with Gasteiger partial charge in [0.25, 0.3) is 5.91 Å². The standard InChI is InChI=1S/C19H25N3O2S/c1-15(19(23)20-14-16-6-5-13-25-16)21-9-11-22(12-10-21)17-7-3-4-8-18(17)24-2/h3-8,13,15H,9-12,14H2,1-2H3,(H,20,23)/p+1/t15-/m1/s1. The zero-order chi connectivity index (χ0) is 17.6. The first-order valence-corrected chi connectivity index (χ1v) is 9.59. The Kier molecular flexibility index (Phi) is 5.94. The minimum absolute atomic E-state index is 0.0280. The fourth-order valence-corrected chi connectivity index (χ4v) is 3.93. The van der Waals surface area contributed by atoms with Gasteiger partial charge < -0.3 is 19.9 Å². The van der Waals surface area contributed by atoms with Crippen LogP contribution >= 0.6 is 11.3 Å². The van der Waals surface area contributed by atoms with E-state index < -0.39 is 0 Å². The minimum atomic E-state index is -0.0280. The minimum Gasteiger partial charge on any atom is -0.495 e. The molecule has 0 radical (unpaired) electrons. The number of rotatable bonds is 6. The molecule has 2 N–H and O–H groups in total. The maximum absolute atomic E-state index is 12.4. The zero-order valence-corrected chi connectivity index (χ0v) is 15.6. The number of thiophene rings is 1. The summed E-state index contributed by atoms with van der Waals surface area (Å²) in [5.74, 6) is 1.04. The van der Waals surface area contributed by atoms with Crippen LogP contribution in [0.4, 0.5) is 5.69 Å². The van der Waals surface area contributed by atoms with Crippen molar-refractivity contribution < 1.29 is 14.4 Å². The third-order valence-electron chi connectivity index (χ3n) is 4.85. The van der Waals surface area contributed by atoms with Crippen molar-refractivity contribution >= 4 is 22.9 Å². The molecule has 5 nitrogen and oxygen atoms in total. The highest BCUT2D eigenvalue weighted by molar-refractivity contribution is 7.09. The number of carbonyl (C=O) groups excluding carboxylic acids is 1. The highest BCUT2D eigenvalue weighted by atomic mass is 32.1. The molecule has 0 bridgehead atoms. The molecule has 0 unspecified atom stereocenters. The summed E-state index contributed by atoms with van der Waals surface area (Å²) in [5, 5.41) is 5.10. The second kappa shape index (κ2) is 8.36. The Hall–Kier alpha value is -2.05. The summed E-state index contributed by atoms with van der Waals surface area (Å²) in [5.41, 5.74) is 1.14. The smallest absolute Gasteiger partial charge is 0.278 e. The molecular formula is C19H26N3O2S+. The normalized spacial score (nSPS) is 16.5. The van der Waals surface area contributed by atoms with Crippen molar-refractivity contribution in [3.8, 4) is 5.75 Å². The van der Waals surface area contributed by atoms with Gasteiger partial charge in [0.05, 0.1) is 45.5 Å². The SMILES string of the molecule is COc1ccccc1N1CC[NH+]([C@H](C)C(=O)NCc2cccs2)CC1. The van der Waals surface area contributed by atoms with Crippen molar-refractivity contribution in [2.45, 2.75) is 19.5 Å². The molecule has 3 rings (SSSR count). The van der Waals surface area contributed by atoms with E-state index in [2.05, 4.69) is 22.3 Å². The monoisotopic (exact) mass is 360 g/mol. The van der Waals surface area contributed by atoms with Crippen LogP contribution in [0.3, 0.4) is 0 Å². The molecule has 1 fully saturated rings. The maximum Gasteiger partial charge on any atom is 0.278 e. The predicted octanol–water partition coefficient (Wildman–Crippen LogP) is 1.17. The molecule has 1 aliphatic heterocycles. The Balaban J connectivity index is 1.52. The third-order valence-corrected chi connectivity index (χ3v) is 5.73. The lowest BCUT2D eigenvalue weighted by Gasteiger charge is -2.36. The second-order valence-electron chi connectivity index (χ2n) is 6.34. The fourth-order valence-electron chi connectivity index (χ4n) is 3.28. The molecule has 0 saturated carbocycles. The summed E-state index contributed by atoms with van der Waals surface area (Å²) in [4.78, 5) is 17.3. The van der Waals surface area contributed by atoms with E-state index in [9.17, 15) is 4.79 Å². The number of methoxy groups -OCH3 is 1. The summed E-state index contributed by atoms with van der Waals surface area (Å²) < 4.78 is 5.47. The van der Waals surface area contributed by atoms with Gasteiger partial charge in [0, 0.05) is 4.88 Å². The van der Waals surface area contributed by atoms with Gasteiger partial charge in [0.15, 0.2) is 6.04 Å². The number of benzene rings is 1. The molecule has 1 aliphatic rings. The number of nitrogens with zero attached hydrogens (tertiary/aromatic N) is 1. The lowest BCUT2D eigenvalue weighted by Crippen LogP contribution is -3.19. The quantitative estimate of drug-likeness (QED) is 0.813. The van der Waals surface area contributed by atoms with Crippen LogP contribution < -0.4 is 19.9 Å². The van der Waals surface area contributed by atoms with Gasteiger partial charge in [-0.3, -0.25) is 4.79 Å². The molecule has 0 aliphatic carbocycles. The number of amides is 1. The molecule has 1 aromatic heterocycles. The van der Waals surface area contributed by atoms with Gasteiger partial charge in [-0.25, -0.2) is 0 Å². The molecule has 1 amide bonds. The van der Waals surface area contributed by atoms with Gasteiger partial charge in [-0.2, -0.15) is 0 Å². The largest absolute Gasteiger partial charge is 0.495 e. The van der Waals surface area contributed by atoms with Crippen LogP contribution in [0.25, 0.3) is 0 Å². The van der Waals surface area contributed by atoms with E-state index in [0.29, 0.717) is 6.54 Å². The van der Waals surface area contributed by atoms with E-state index in [4.69, 9.17) is 4.74 Å². The average Bonchev–Trinajstić information content (AvgIpc) is 3.19. The van der Waals surface area contributed by atoms with Gasteiger partial charge in [-0.1, -0.05) is 18.2 Å². The van der Waals surface area contributed by atoms with E-state index >= 15 is 0 Å². The number of piperazine rings is 1. The number of anilines is 1. The fraction of sp³-hybridized carbons (Fsp3) is 0.421. The maximum atomic E-state index is 12.4. The van der Waals surface area contributed by atoms with Crippen LogP contribution in [0, 0.1) is 0 Å². The van der Waals surface area contributed by atoms with Crippen LogP contribution in [0.5, 0.6) is 5.75 Å². The lowest BCUT2D eigenvalue weighted by atomic mass is 10.2. The average molecular weight is 361 g/mol. The van der Waals surface area contributed by atoms with Gasteiger partial charge >= 0.3 is 0 Å². The molecule has 25 heavy (non-hydrogen) atoms. The Labute approximate surface area is 153 Å². The van der Waals surface area contributed by atoms with E-state index in [0.717, 1.165) is 37.6 Å². The van der Waals surface area contributed by atoms with Crippen LogP contribution in [0.15, 0.2) is 41.8 Å². The molecular weight excluding hydrogens is 334 g/mol. The van der Waals surface area contributed by atoms with Crippen LogP contribution in [-0.2, 0) is 11.3 Å². The van der Waals surface area contributed by atoms with E-state index in [1.54, 1.807) is 18.4 Å². The molecule has 6 heteroatoms. The third kappa shape index (κ3) is 4.32. The van der Waals surface area contributed by atoms with Gasteiger partial charge in [0.2, 0.25) is 0 Å². The molecule has 0 spiro atoms. The predicted molar refractivity (Wildman–Crippen MR) is 102 cm³/mol. The number of carbonyl (C=O) groups is 1. The van der Waals surface area contributed by atoms with Crippen molar-refractivity contribution in [3.63, 3.8) is 0 Å². The molecule has 134 valence electrons. The summed E-state index contributed by atoms with van der Waals surface area (Å²) in [6.07, 6.45) is 0. The summed E-state index contributed by atoms with van der Waals surface area (Å²) in [6.45, 7) is 6.41. The molecule has 1 aromatic carbocycles. The molecule has 1 saturated heterocycles. The van der Waals surface area contributed by atoms with E-state index in [-0.39, 0.29) is 11.9 Å². The Morgan fingerprint density at radius 2 is 2.04 bits per heavy atom. The number of quaternary nitrogens is 1. The molecule has 2 aromatic rings. The van der Waals surface area contributed by atoms with Crippen LogP contribution in [0.1, 0.15) is 11.8 Å². The first-order chi connectivity index (χ1) is 12.2. The van der Waals surface area contributed by atoms with Crippen LogP contribution in [0.2, 0.25) is 0 Å². The molecule has 1 atom stereocenters. The van der Waals surface area contributed by atoms with Crippen molar-refractivity contribution in [1.29, 1.82) is 0 Å². The first-order valence-electron chi connectivity index (χ1n) is 8.71. The zero-order valence-electron chi connectivity index (χ0n) is 14.8. The van der Waals surface area contributed by atoms with Crippen molar-refractivity contribution in [2.75, 3.05) is 38.2 Å². The van der Waals surface area contributed by atoms with Gasteiger partial charge in [0.1, 0.15) is 5.75 Å². The summed E-state index contributed by atoms with van der Waals surface area (Å²) in [6, 6.07) is 12.2. The number of nitrogens with one attached hydrogen (secondary N) is 2. The summed E-state index contributed by atoms with van der Waals surface area (Å²) in [7, 11) is 1.71. The Morgan fingerprint density at radius 3 is 2.72 bits per heavy atom. The Morgan fingerprint density at radius 1 is 1.28 bits per heavy atom. The van der Waals surface area contributed by atoms with Crippen molar-refractivity contribution in [2.24, 2.45) is 0 Å². The summed E-state index contributed by atoms with van der Waals surface area (Å²) >= 11 is 1.67. The first kappa shape index (κ1) is 17.8. The number of hydrogen-bond acceptors (Lipinski definition) is 4. The second-order valence-corrected chi connectivity index (χ2v) is 7.37. The molecule has 2 heterocycles. The highest BCUT2D eigenvalue weighted by Gasteiger charge is 2.29. The van der Waals surface area contributed by atoms with Gasteiger partial charge in [-0.05, 0) is 30.5 Å². The number of ether oxygens (including phenoxy) is 1. The van der Waals surface area contributed by atoms with Crippen molar-refractivity contribution in [1.82, 2.24) is 5.32 Å². The topological polar surface area (TPSA) is 46.0 Å². The van der Waals surface area contributed by atoms with Crippen LogP contribution in [-0.4, -0.2) is 45.2 Å². The van der Waals surface area contributed by atoms with E-state index in [1.807, 2.05) is 36.6 Å². The highest BCUT2D eigenvalue weighted by Crippen LogP contribution is 2.27. The Bertz CT molecular complexity index is 682. The number of para-hydroxylation sites is 2.